The minimum absolute atomic E-state index is 0.00973. The number of benzene rings is 1. The molecule has 1 aromatic carbocycles. The van der Waals surface area contributed by atoms with Crippen molar-refractivity contribution in [1.82, 2.24) is 20.1 Å². The monoisotopic (exact) mass is 608 g/mol. The Balaban J connectivity index is 0.000000617. The van der Waals surface area contributed by atoms with Gasteiger partial charge in [0.15, 0.2) is 0 Å². The summed E-state index contributed by atoms with van der Waals surface area (Å²) in [7, 11) is 5.06. The summed E-state index contributed by atoms with van der Waals surface area (Å²) in [6.07, 6.45) is 4.04. The third-order valence-electron chi connectivity index (χ3n) is 7.50. The number of fused-ring (bicyclic) bond motifs is 1. The summed E-state index contributed by atoms with van der Waals surface area (Å²) in [6, 6.07) is 8.27. The van der Waals surface area contributed by atoms with Gasteiger partial charge in [0.2, 0.25) is 5.88 Å². The van der Waals surface area contributed by atoms with E-state index < -0.39 is 0 Å². The fourth-order valence-electron chi connectivity index (χ4n) is 5.71. The number of hydrogen-bond acceptors (Lipinski definition) is 6. The van der Waals surface area contributed by atoms with Crippen LogP contribution < -0.4 is 10.1 Å². The maximum atomic E-state index is 12.5. The number of urea groups is 1. The van der Waals surface area contributed by atoms with Crippen LogP contribution in [0.4, 0.5) is 4.79 Å². The summed E-state index contributed by atoms with van der Waals surface area (Å²) < 4.78 is 16.5. The Hall–Kier alpha value is -1.91. The largest absolute Gasteiger partial charge is 0.481 e. The smallest absolute Gasteiger partial charge is 0.318 e. The first-order valence-corrected chi connectivity index (χ1v) is 14.3. The van der Waals surface area contributed by atoms with Crippen LogP contribution in [0.3, 0.4) is 0 Å². The summed E-state index contributed by atoms with van der Waals surface area (Å²) in [5.74, 6) is 0.666. The van der Waals surface area contributed by atoms with Gasteiger partial charge in [-0.15, -0.1) is 0 Å². The maximum absolute atomic E-state index is 12.5. The molecule has 2 aromatic rings. The summed E-state index contributed by atoms with van der Waals surface area (Å²) >= 11 is 10.1. The average molecular weight is 610 g/mol. The molecule has 3 heterocycles. The molecule has 2 fully saturated rings. The minimum Gasteiger partial charge on any atom is -0.481 e. The van der Waals surface area contributed by atoms with Crippen molar-refractivity contribution >= 4 is 33.6 Å². The predicted octanol–water partition coefficient (Wildman–Crippen LogP) is 5.32. The Bertz CT molecular complexity index is 1130. The zero-order valence-corrected chi connectivity index (χ0v) is 25.0. The lowest BCUT2D eigenvalue weighted by molar-refractivity contribution is 0.158. The number of ether oxygens (including phenoxy) is 3. The highest BCUT2D eigenvalue weighted by Gasteiger charge is 2.49. The Morgan fingerprint density at radius 2 is 2.00 bits per heavy atom. The fourth-order valence-corrected chi connectivity index (χ4v) is 6.30. The molecule has 10 heteroatoms. The first kappa shape index (κ1) is 29.1. The average Bonchev–Trinajstić information content (AvgIpc) is 3.61. The first-order valence-electron chi connectivity index (χ1n) is 13.2. The third kappa shape index (κ3) is 6.12. The van der Waals surface area contributed by atoms with Gasteiger partial charge in [0.05, 0.1) is 30.0 Å². The van der Waals surface area contributed by atoms with Gasteiger partial charge < -0.3 is 24.4 Å². The van der Waals surface area contributed by atoms with Crippen LogP contribution in [0.2, 0.25) is 5.02 Å². The number of carbonyl (C=O) groups excluding carboxylic acids is 1. The van der Waals surface area contributed by atoms with E-state index in [1.54, 1.807) is 21.3 Å². The van der Waals surface area contributed by atoms with Gasteiger partial charge in [-0.25, -0.2) is 9.78 Å². The van der Waals surface area contributed by atoms with Crippen molar-refractivity contribution in [3.63, 3.8) is 0 Å². The van der Waals surface area contributed by atoms with Gasteiger partial charge in [-0.3, -0.25) is 4.90 Å². The molecule has 5 rings (SSSR count). The van der Waals surface area contributed by atoms with Crippen molar-refractivity contribution in [2.24, 2.45) is 0 Å². The number of aryl methyl sites for hydroxylation is 1. The van der Waals surface area contributed by atoms with Crippen LogP contribution in [-0.2, 0) is 15.9 Å². The van der Waals surface area contributed by atoms with Crippen molar-refractivity contribution in [1.29, 1.82) is 0 Å². The summed E-state index contributed by atoms with van der Waals surface area (Å²) in [5, 5.41) is 3.91. The van der Waals surface area contributed by atoms with E-state index in [0.717, 1.165) is 67.7 Å². The highest BCUT2D eigenvalue weighted by molar-refractivity contribution is 9.10. The number of aromatic nitrogens is 1. The number of amides is 2. The third-order valence-corrected chi connectivity index (χ3v) is 8.80. The molecular formula is C28H38BrClN4O4. The number of carbonyl (C=O) groups is 1. The molecule has 1 aromatic heterocycles. The Morgan fingerprint density at radius 1 is 1.21 bits per heavy atom. The lowest BCUT2D eigenvalue weighted by Gasteiger charge is -2.28. The molecule has 0 bridgehead atoms. The Morgan fingerprint density at radius 3 is 2.68 bits per heavy atom. The van der Waals surface area contributed by atoms with Gasteiger partial charge in [-0.2, -0.15) is 0 Å². The zero-order valence-electron chi connectivity index (χ0n) is 22.7. The van der Waals surface area contributed by atoms with Crippen LogP contribution in [0.1, 0.15) is 43.4 Å². The predicted molar refractivity (Wildman–Crippen MR) is 153 cm³/mol. The van der Waals surface area contributed by atoms with Crippen molar-refractivity contribution in [3.05, 3.63) is 44.9 Å². The number of likely N-dealkylation sites (tertiary alicyclic amines) is 1. The summed E-state index contributed by atoms with van der Waals surface area (Å²) in [6.45, 7) is 6.63. The number of rotatable bonds is 8. The molecule has 1 unspecified atom stereocenters. The molecule has 2 amide bonds. The molecule has 1 spiro atoms. The number of nitrogens with one attached hydrogen (secondary N) is 1. The number of pyridine rings is 1. The highest BCUT2D eigenvalue weighted by Crippen LogP contribution is 2.45. The van der Waals surface area contributed by atoms with E-state index in [9.17, 15) is 4.79 Å². The molecule has 1 N–H and O–H groups in total. The van der Waals surface area contributed by atoms with Gasteiger partial charge in [0.1, 0.15) is 0 Å². The van der Waals surface area contributed by atoms with Crippen molar-refractivity contribution in [2.45, 2.75) is 44.2 Å². The molecule has 2 saturated heterocycles. The van der Waals surface area contributed by atoms with Crippen LogP contribution in [0.25, 0.3) is 11.3 Å². The Kier molecular flexibility index (Phi) is 9.92. The van der Waals surface area contributed by atoms with Gasteiger partial charge in [-0.05, 0) is 59.3 Å². The number of hydrogen-bond donors (Lipinski definition) is 1. The van der Waals surface area contributed by atoms with Crippen LogP contribution in [0.5, 0.6) is 5.88 Å². The maximum Gasteiger partial charge on any atom is 0.318 e. The lowest BCUT2D eigenvalue weighted by Crippen LogP contribution is -2.46. The van der Waals surface area contributed by atoms with Crippen LogP contribution in [0, 0.1) is 0 Å². The van der Waals surface area contributed by atoms with Crippen molar-refractivity contribution in [3.8, 4) is 17.1 Å². The van der Waals surface area contributed by atoms with Crippen LogP contribution >= 0.6 is 27.5 Å². The highest BCUT2D eigenvalue weighted by atomic mass is 79.9. The second-order valence-corrected chi connectivity index (χ2v) is 11.3. The van der Waals surface area contributed by atoms with E-state index in [1.165, 1.54) is 11.1 Å². The van der Waals surface area contributed by atoms with Gasteiger partial charge in [0.25, 0.3) is 0 Å². The van der Waals surface area contributed by atoms with Crippen LogP contribution in [-0.4, -0.2) is 87.1 Å². The molecule has 38 heavy (non-hydrogen) atoms. The van der Waals surface area contributed by atoms with Gasteiger partial charge >= 0.3 is 6.03 Å². The van der Waals surface area contributed by atoms with E-state index in [-0.39, 0.29) is 17.6 Å². The molecule has 2 atom stereocenters. The second kappa shape index (κ2) is 13.0. The topological polar surface area (TPSA) is 76.2 Å². The summed E-state index contributed by atoms with van der Waals surface area (Å²) in [5.41, 5.74) is 3.95. The number of methoxy groups -OCH3 is 3. The number of halogens is 2. The van der Waals surface area contributed by atoms with Gasteiger partial charge in [0, 0.05) is 68.6 Å². The van der Waals surface area contributed by atoms with E-state index in [0.29, 0.717) is 24.1 Å². The van der Waals surface area contributed by atoms with Gasteiger partial charge in [-0.1, -0.05) is 30.7 Å². The molecular weight excluding hydrogens is 572 g/mol. The summed E-state index contributed by atoms with van der Waals surface area (Å²) in [4.78, 5) is 21.7. The fraction of sp³-hybridized carbons (Fsp3) is 0.571. The quantitative estimate of drug-likeness (QED) is 0.437. The van der Waals surface area contributed by atoms with Crippen molar-refractivity contribution < 1.29 is 19.0 Å². The van der Waals surface area contributed by atoms with E-state index in [1.807, 2.05) is 23.1 Å². The van der Waals surface area contributed by atoms with E-state index in [4.69, 9.17) is 30.8 Å². The molecule has 0 radical (unpaired) electrons. The SMILES string of the molecule is CCCOC.COCCN1CC2(CCN([C@@H]3CCc4cc(-c5cccc(Br)c5Cl)nc(OC)c43)C2)NC1=O. The normalized spacial score (nSPS) is 22.4. The molecule has 2 aliphatic heterocycles. The minimum atomic E-state index is -0.196. The number of nitrogens with zero attached hydrogens (tertiary/aromatic N) is 3. The molecule has 0 saturated carbocycles. The first-order chi connectivity index (χ1) is 18.4. The van der Waals surface area contributed by atoms with E-state index in [2.05, 4.69) is 39.1 Å². The molecule has 8 nitrogen and oxygen atoms in total. The van der Waals surface area contributed by atoms with Crippen LogP contribution in [0.15, 0.2) is 28.7 Å². The van der Waals surface area contributed by atoms with Crippen molar-refractivity contribution in [2.75, 3.05) is 60.7 Å². The Labute approximate surface area is 239 Å². The molecule has 3 aliphatic rings. The lowest BCUT2D eigenvalue weighted by atomic mass is 10.00. The molecule has 1 aliphatic carbocycles. The van der Waals surface area contributed by atoms with E-state index >= 15 is 0 Å². The zero-order chi connectivity index (χ0) is 27.3. The molecule has 208 valence electrons. The standard InChI is InChI=1S/C24H28BrClN4O3.C4H10O/c1-32-11-10-30-14-24(28-23(30)31)8-9-29(13-24)19-7-6-15-12-18(27-22(33-2)20(15)19)16-4-3-5-17(25)21(16)26;1-3-4-5-2/h3-5,12,19H,6-11,13-14H2,1-2H3,(H,28,31);3-4H2,1-2H3/t19-,24?;/m1./s1. The second-order valence-electron chi connectivity index (χ2n) is 10.1.